The molecular formula is C19H30ClN3O3. The van der Waals surface area contributed by atoms with E-state index in [2.05, 4.69) is 15.2 Å². The topological polar surface area (TPSA) is 66.3 Å². The zero-order valence-corrected chi connectivity index (χ0v) is 16.4. The molecule has 0 aromatic heterocycles. The van der Waals surface area contributed by atoms with Gasteiger partial charge in [0.2, 0.25) is 0 Å². The Bertz CT molecular complexity index is 553. The Balaban J connectivity index is 1.87. The molecule has 0 radical (unpaired) electrons. The first-order valence-electron chi connectivity index (χ1n) is 9.17. The van der Waals surface area contributed by atoms with Crippen LogP contribution in [0.4, 0.5) is 0 Å². The Morgan fingerprint density at radius 1 is 1.38 bits per heavy atom. The predicted octanol–water partition coefficient (Wildman–Crippen LogP) is 2.32. The van der Waals surface area contributed by atoms with Gasteiger partial charge in [0, 0.05) is 37.7 Å². The molecule has 1 saturated heterocycles. The van der Waals surface area contributed by atoms with Gasteiger partial charge < -0.3 is 24.8 Å². The highest BCUT2D eigenvalue weighted by atomic mass is 35.5. The molecule has 2 unspecified atom stereocenters. The van der Waals surface area contributed by atoms with Crippen LogP contribution in [-0.4, -0.2) is 69.1 Å². The minimum absolute atomic E-state index is 0.315. The maximum absolute atomic E-state index is 10.4. The molecule has 6 nitrogen and oxygen atoms in total. The van der Waals surface area contributed by atoms with Gasteiger partial charge in [-0.25, -0.2) is 0 Å². The fourth-order valence-electron chi connectivity index (χ4n) is 2.94. The van der Waals surface area contributed by atoms with E-state index in [1.54, 1.807) is 19.2 Å². The monoisotopic (exact) mass is 383 g/mol. The third-order valence-electron chi connectivity index (χ3n) is 4.37. The lowest BCUT2D eigenvalue weighted by molar-refractivity contribution is 0.0536. The van der Waals surface area contributed by atoms with E-state index >= 15 is 0 Å². The molecule has 1 aliphatic heterocycles. The van der Waals surface area contributed by atoms with Crippen LogP contribution in [0.25, 0.3) is 0 Å². The maximum Gasteiger partial charge on any atom is 0.194 e. The molecule has 0 saturated carbocycles. The van der Waals surface area contributed by atoms with Gasteiger partial charge in [-0.1, -0.05) is 23.7 Å². The summed E-state index contributed by atoms with van der Waals surface area (Å²) in [5, 5.41) is 14.3. The summed E-state index contributed by atoms with van der Waals surface area (Å²) >= 11 is 5.90. The number of aliphatic imine (C=N–C) groups is 1. The Morgan fingerprint density at radius 2 is 2.15 bits per heavy atom. The van der Waals surface area contributed by atoms with Gasteiger partial charge in [0.25, 0.3) is 0 Å². The van der Waals surface area contributed by atoms with Crippen molar-refractivity contribution in [1.29, 1.82) is 0 Å². The van der Waals surface area contributed by atoms with Crippen LogP contribution in [0.3, 0.4) is 0 Å². The minimum Gasteiger partial charge on any atom is -0.386 e. The zero-order chi connectivity index (χ0) is 18.8. The van der Waals surface area contributed by atoms with Crippen LogP contribution in [0.1, 0.15) is 25.0 Å². The van der Waals surface area contributed by atoms with Crippen molar-refractivity contribution in [3.63, 3.8) is 0 Å². The van der Waals surface area contributed by atoms with Gasteiger partial charge in [-0.3, -0.25) is 4.99 Å². The van der Waals surface area contributed by atoms with Gasteiger partial charge in [0.1, 0.15) is 0 Å². The summed E-state index contributed by atoms with van der Waals surface area (Å²) in [4.78, 5) is 6.86. The molecule has 0 amide bonds. The largest absolute Gasteiger partial charge is 0.386 e. The molecule has 7 heteroatoms. The summed E-state index contributed by atoms with van der Waals surface area (Å²) < 4.78 is 10.6. The van der Waals surface area contributed by atoms with Crippen molar-refractivity contribution in [2.75, 3.05) is 53.1 Å². The quantitative estimate of drug-likeness (QED) is 0.389. The second-order valence-electron chi connectivity index (χ2n) is 6.43. The van der Waals surface area contributed by atoms with E-state index in [4.69, 9.17) is 21.1 Å². The minimum atomic E-state index is -0.642. The van der Waals surface area contributed by atoms with Crippen molar-refractivity contribution >= 4 is 17.6 Å². The number of ether oxygens (including phenoxy) is 2. The highest BCUT2D eigenvalue weighted by Crippen LogP contribution is 2.19. The Labute approximate surface area is 161 Å². The van der Waals surface area contributed by atoms with Crippen LogP contribution in [0, 0.1) is 5.92 Å². The number of aliphatic hydroxyl groups is 1. The van der Waals surface area contributed by atoms with E-state index in [0.717, 1.165) is 44.2 Å². The van der Waals surface area contributed by atoms with Gasteiger partial charge in [-0.05, 0) is 31.0 Å². The van der Waals surface area contributed by atoms with Crippen molar-refractivity contribution in [2.45, 2.75) is 19.4 Å². The van der Waals surface area contributed by atoms with Crippen LogP contribution in [0.2, 0.25) is 5.02 Å². The first kappa shape index (κ1) is 21.0. The van der Waals surface area contributed by atoms with E-state index in [-0.39, 0.29) is 0 Å². The van der Waals surface area contributed by atoms with Crippen molar-refractivity contribution in [2.24, 2.45) is 10.9 Å². The second kappa shape index (κ2) is 11.4. The molecule has 26 heavy (non-hydrogen) atoms. The number of benzene rings is 1. The van der Waals surface area contributed by atoms with Crippen LogP contribution in [0.5, 0.6) is 0 Å². The molecular weight excluding hydrogens is 354 g/mol. The summed E-state index contributed by atoms with van der Waals surface area (Å²) in [6.45, 7) is 7.02. The molecule has 1 aliphatic rings. The fourth-order valence-corrected chi connectivity index (χ4v) is 3.07. The van der Waals surface area contributed by atoms with E-state index < -0.39 is 6.10 Å². The number of guanidine groups is 1. The average molecular weight is 384 g/mol. The maximum atomic E-state index is 10.4. The van der Waals surface area contributed by atoms with Gasteiger partial charge in [0.15, 0.2) is 5.96 Å². The SMILES string of the molecule is CCNC(=NCC(O)c1ccc(Cl)cc1)N1CCC(COCCOC)C1. The van der Waals surface area contributed by atoms with Gasteiger partial charge in [0.05, 0.1) is 32.5 Å². The third-order valence-corrected chi connectivity index (χ3v) is 4.63. The van der Waals surface area contributed by atoms with E-state index in [9.17, 15) is 5.11 Å². The number of aliphatic hydroxyl groups excluding tert-OH is 1. The predicted molar refractivity (Wildman–Crippen MR) is 105 cm³/mol. The molecule has 0 spiro atoms. The standard InChI is InChI=1S/C19H30ClN3O3/c1-3-21-19(22-12-18(24)16-4-6-17(20)7-5-16)23-9-8-15(13-23)14-26-11-10-25-2/h4-7,15,18,24H,3,8-14H2,1-2H3,(H,21,22). The smallest absolute Gasteiger partial charge is 0.194 e. The summed E-state index contributed by atoms with van der Waals surface area (Å²) in [5.74, 6) is 1.34. The van der Waals surface area contributed by atoms with Crippen LogP contribution in [0.15, 0.2) is 29.3 Å². The first-order valence-corrected chi connectivity index (χ1v) is 9.55. The lowest BCUT2D eigenvalue weighted by Crippen LogP contribution is -2.40. The molecule has 2 atom stereocenters. The Morgan fingerprint density at radius 3 is 2.85 bits per heavy atom. The highest BCUT2D eigenvalue weighted by Gasteiger charge is 2.25. The van der Waals surface area contributed by atoms with Crippen molar-refractivity contribution in [3.05, 3.63) is 34.9 Å². The van der Waals surface area contributed by atoms with Crippen LogP contribution in [-0.2, 0) is 9.47 Å². The summed E-state index contributed by atoms with van der Waals surface area (Å²) in [7, 11) is 1.68. The van der Waals surface area contributed by atoms with E-state index in [0.29, 0.717) is 30.7 Å². The fraction of sp³-hybridized carbons (Fsp3) is 0.632. The van der Waals surface area contributed by atoms with Crippen LogP contribution < -0.4 is 5.32 Å². The number of nitrogens with zero attached hydrogens (tertiary/aromatic N) is 2. The molecule has 2 N–H and O–H groups in total. The lowest BCUT2D eigenvalue weighted by Gasteiger charge is -2.22. The average Bonchev–Trinajstić information content (AvgIpc) is 3.11. The third kappa shape index (κ3) is 6.76. The van der Waals surface area contributed by atoms with Gasteiger partial charge >= 0.3 is 0 Å². The van der Waals surface area contributed by atoms with Crippen molar-refractivity contribution in [3.8, 4) is 0 Å². The molecule has 1 aromatic carbocycles. The second-order valence-corrected chi connectivity index (χ2v) is 6.87. The lowest BCUT2D eigenvalue weighted by atomic mass is 10.1. The Kier molecular flexibility index (Phi) is 9.18. The van der Waals surface area contributed by atoms with E-state index in [1.165, 1.54) is 0 Å². The molecule has 0 aliphatic carbocycles. The normalized spacial score (nSPS) is 19.0. The number of rotatable bonds is 9. The zero-order valence-electron chi connectivity index (χ0n) is 15.7. The number of likely N-dealkylation sites (tertiary alicyclic amines) is 1. The van der Waals surface area contributed by atoms with Gasteiger partial charge in [-0.15, -0.1) is 0 Å². The summed E-state index contributed by atoms with van der Waals surface area (Å²) in [5.41, 5.74) is 0.819. The summed E-state index contributed by atoms with van der Waals surface area (Å²) in [6.07, 6.45) is 0.439. The molecule has 0 bridgehead atoms. The molecule has 1 aromatic rings. The van der Waals surface area contributed by atoms with Crippen molar-refractivity contribution in [1.82, 2.24) is 10.2 Å². The van der Waals surface area contributed by atoms with Crippen LogP contribution >= 0.6 is 11.6 Å². The number of hydrogen-bond donors (Lipinski definition) is 2. The van der Waals surface area contributed by atoms with Crippen molar-refractivity contribution < 1.29 is 14.6 Å². The number of halogens is 1. The summed E-state index contributed by atoms with van der Waals surface area (Å²) in [6, 6.07) is 7.23. The molecule has 2 rings (SSSR count). The number of hydrogen-bond acceptors (Lipinski definition) is 4. The Hall–Kier alpha value is -1.34. The molecule has 1 heterocycles. The van der Waals surface area contributed by atoms with E-state index in [1.807, 2.05) is 19.1 Å². The number of nitrogens with one attached hydrogen (secondary N) is 1. The molecule has 1 fully saturated rings. The highest BCUT2D eigenvalue weighted by molar-refractivity contribution is 6.30. The first-order chi connectivity index (χ1) is 12.6. The molecule has 146 valence electrons. The van der Waals surface area contributed by atoms with Gasteiger partial charge in [-0.2, -0.15) is 0 Å². The number of methoxy groups -OCH3 is 1.